The second-order valence-electron chi connectivity index (χ2n) is 7.36. The summed E-state index contributed by atoms with van der Waals surface area (Å²) >= 11 is 6.02. The number of methoxy groups -OCH3 is 2. The number of halogens is 1. The number of piperidine rings is 1. The third kappa shape index (κ3) is 6.09. The van der Waals surface area contributed by atoms with Gasteiger partial charge < -0.3 is 19.5 Å². The van der Waals surface area contributed by atoms with E-state index in [1.54, 1.807) is 16.6 Å². The highest BCUT2D eigenvalue weighted by Gasteiger charge is 2.28. The van der Waals surface area contributed by atoms with Crippen molar-refractivity contribution >= 4 is 41.3 Å². The molecule has 1 saturated heterocycles. The summed E-state index contributed by atoms with van der Waals surface area (Å²) in [6.45, 7) is 1.06. The summed E-state index contributed by atoms with van der Waals surface area (Å²) < 4.78 is 16.5. The predicted molar refractivity (Wildman–Crippen MR) is 119 cm³/mol. The minimum Gasteiger partial charge on any atom is -0.465 e. The van der Waals surface area contributed by atoms with Crippen LogP contribution in [0.15, 0.2) is 42.5 Å². The van der Waals surface area contributed by atoms with Crippen molar-refractivity contribution in [2.45, 2.75) is 12.8 Å². The Kier molecular flexibility index (Phi) is 8.02. The maximum Gasteiger partial charge on any atom is 0.337 e. The van der Waals surface area contributed by atoms with Crippen molar-refractivity contribution in [3.63, 3.8) is 0 Å². The van der Waals surface area contributed by atoms with Crippen molar-refractivity contribution in [3.8, 4) is 5.75 Å². The number of hydrogen-bond acceptors (Lipinski definition) is 8. The number of ether oxygens (including phenoxy) is 3. The van der Waals surface area contributed by atoms with Crippen LogP contribution in [0, 0.1) is 5.92 Å². The third-order valence-corrected chi connectivity index (χ3v) is 5.39. The van der Waals surface area contributed by atoms with Gasteiger partial charge in [0, 0.05) is 18.8 Å². The quantitative estimate of drug-likeness (QED) is 0.385. The van der Waals surface area contributed by atoms with Crippen LogP contribution >= 0.6 is 11.8 Å². The van der Waals surface area contributed by atoms with Gasteiger partial charge in [0.2, 0.25) is 0 Å². The Balaban J connectivity index is 1.83. The van der Waals surface area contributed by atoms with E-state index in [2.05, 4.69) is 5.32 Å². The van der Waals surface area contributed by atoms with Gasteiger partial charge in [-0.1, -0.05) is 12.1 Å². The minimum atomic E-state index is -0.689. The van der Waals surface area contributed by atoms with Gasteiger partial charge >= 0.3 is 17.9 Å². The van der Waals surface area contributed by atoms with Crippen LogP contribution in [0.1, 0.15) is 43.9 Å². The minimum absolute atomic E-state index is 0.0540. The molecule has 1 atom stereocenters. The highest BCUT2D eigenvalue weighted by atomic mass is 35.5. The van der Waals surface area contributed by atoms with E-state index in [4.69, 9.17) is 26.0 Å². The number of nitrogens with one attached hydrogen (secondary N) is 1. The summed E-state index contributed by atoms with van der Waals surface area (Å²) in [7, 11) is 2.40. The molecule has 0 bridgehead atoms. The average molecular weight is 475 g/mol. The second-order valence-corrected chi connectivity index (χ2v) is 7.84. The monoisotopic (exact) mass is 474 g/mol. The lowest BCUT2D eigenvalue weighted by molar-refractivity contribution is -0.140. The van der Waals surface area contributed by atoms with Crippen LogP contribution in [-0.2, 0) is 14.3 Å². The zero-order chi connectivity index (χ0) is 24.0. The van der Waals surface area contributed by atoms with E-state index in [0.717, 1.165) is 6.42 Å². The van der Waals surface area contributed by atoms with Crippen molar-refractivity contribution in [3.05, 3.63) is 59.2 Å². The van der Waals surface area contributed by atoms with Gasteiger partial charge in [0.1, 0.15) is 5.75 Å². The molecule has 9 nitrogen and oxygen atoms in total. The number of rotatable bonds is 6. The average Bonchev–Trinajstić information content (AvgIpc) is 2.83. The molecule has 1 fully saturated rings. The Hall–Kier alpha value is -3.43. The highest BCUT2D eigenvalue weighted by Crippen LogP contribution is 2.25. The van der Waals surface area contributed by atoms with Crippen LogP contribution in [0.4, 0.5) is 5.69 Å². The van der Waals surface area contributed by atoms with Crippen LogP contribution in [-0.4, -0.2) is 55.5 Å². The summed E-state index contributed by atoms with van der Waals surface area (Å²) in [6, 6.07) is 10.3. The van der Waals surface area contributed by atoms with E-state index >= 15 is 0 Å². The number of para-hydroxylation sites is 1. The first-order valence-electron chi connectivity index (χ1n) is 10.2. The lowest BCUT2D eigenvalue weighted by Gasteiger charge is -2.26. The number of amides is 1. The molecular formula is C23H23ClN2O7. The van der Waals surface area contributed by atoms with Crippen LogP contribution in [0.2, 0.25) is 0 Å². The maximum atomic E-state index is 13.0. The molecule has 1 unspecified atom stereocenters. The highest BCUT2D eigenvalue weighted by molar-refractivity contribution is 6.13. The van der Waals surface area contributed by atoms with Gasteiger partial charge in [-0.2, -0.15) is 0 Å². The Morgan fingerprint density at radius 1 is 1.00 bits per heavy atom. The van der Waals surface area contributed by atoms with Crippen LogP contribution in [0.25, 0.3) is 0 Å². The molecule has 0 radical (unpaired) electrons. The normalized spacial score (nSPS) is 15.9. The van der Waals surface area contributed by atoms with Crippen molar-refractivity contribution in [2.24, 2.45) is 5.92 Å². The summed E-state index contributed by atoms with van der Waals surface area (Å²) in [5.74, 6) is -2.76. The van der Waals surface area contributed by atoms with E-state index in [1.165, 1.54) is 44.6 Å². The van der Waals surface area contributed by atoms with Crippen LogP contribution in [0.5, 0.6) is 5.75 Å². The molecule has 2 aromatic rings. The van der Waals surface area contributed by atoms with Gasteiger partial charge in [-0.25, -0.2) is 14.0 Å². The molecule has 1 amide bonds. The molecule has 0 saturated carbocycles. The number of hydrogen-bond donors (Lipinski definition) is 1. The SMILES string of the molecule is COC(=O)c1cc(NC(=O)c2ccccc2OC(=O)C2CCCN(Cl)C2)cc(C(=O)OC)c1. The lowest BCUT2D eigenvalue weighted by atomic mass is 10.00. The number of carbonyl (C=O) groups is 4. The maximum absolute atomic E-state index is 13.0. The molecule has 10 heteroatoms. The first kappa shape index (κ1) is 24.2. The predicted octanol–water partition coefficient (Wildman–Crippen LogP) is 3.28. The molecule has 0 aliphatic carbocycles. The molecule has 3 rings (SSSR count). The van der Waals surface area contributed by atoms with E-state index in [1.807, 2.05) is 0 Å². The van der Waals surface area contributed by atoms with Gasteiger partial charge in [0.05, 0.1) is 36.8 Å². The van der Waals surface area contributed by atoms with E-state index in [9.17, 15) is 19.2 Å². The summed E-state index contributed by atoms with van der Waals surface area (Å²) in [5.41, 5.74) is 0.374. The van der Waals surface area contributed by atoms with Crippen molar-refractivity contribution < 1.29 is 33.4 Å². The molecule has 1 aliphatic heterocycles. The first-order valence-corrected chi connectivity index (χ1v) is 10.5. The van der Waals surface area contributed by atoms with Crippen LogP contribution < -0.4 is 10.1 Å². The fourth-order valence-electron chi connectivity index (χ4n) is 3.43. The zero-order valence-corrected chi connectivity index (χ0v) is 18.9. The molecular weight excluding hydrogens is 452 g/mol. The van der Waals surface area contributed by atoms with E-state index in [-0.39, 0.29) is 28.1 Å². The molecule has 2 aromatic carbocycles. The van der Waals surface area contributed by atoms with Crippen molar-refractivity contribution in [2.75, 3.05) is 32.6 Å². The van der Waals surface area contributed by atoms with Gasteiger partial charge in [-0.15, -0.1) is 0 Å². The van der Waals surface area contributed by atoms with Gasteiger partial charge in [-0.3, -0.25) is 9.59 Å². The Bertz CT molecular complexity index is 1040. The number of benzene rings is 2. The largest absolute Gasteiger partial charge is 0.465 e. The Morgan fingerprint density at radius 2 is 1.64 bits per heavy atom. The molecule has 1 aliphatic rings. The summed E-state index contributed by atoms with van der Waals surface area (Å²) in [4.78, 5) is 49.5. The second kappa shape index (κ2) is 10.9. The summed E-state index contributed by atoms with van der Waals surface area (Å²) in [6.07, 6.45) is 1.41. The Labute approximate surface area is 195 Å². The van der Waals surface area contributed by atoms with E-state index < -0.39 is 29.7 Å². The smallest absolute Gasteiger partial charge is 0.337 e. The fourth-order valence-corrected chi connectivity index (χ4v) is 3.71. The molecule has 1 N–H and O–H groups in total. The number of carbonyl (C=O) groups excluding carboxylic acids is 4. The topological polar surface area (TPSA) is 111 Å². The van der Waals surface area contributed by atoms with Crippen molar-refractivity contribution in [1.29, 1.82) is 0 Å². The van der Waals surface area contributed by atoms with Gasteiger partial charge in [0.25, 0.3) is 5.91 Å². The lowest BCUT2D eigenvalue weighted by Crippen LogP contribution is -2.35. The van der Waals surface area contributed by atoms with Crippen LogP contribution in [0.3, 0.4) is 0 Å². The molecule has 174 valence electrons. The molecule has 33 heavy (non-hydrogen) atoms. The van der Waals surface area contributed by atoms with Gasteiger partial charge in [-0.05, 0) is 55.0 Å². The molecule has 0 aromatic heterocycles. The Morgan fingerprint density at radius 3 is 2.24 bits per heavy atom. The van der Waals surface area contributed by atoms with E-state index in [0.29, 0.717) is 19.5 Å². The first-order chi connectivity index (χ1) is 15.8. The molecule has 1 heterocycles. The number of anilines is 1. The van der Waals surface area contributed by atoms with Gasteiger partial charge in [0.15, 0.2) is 0 Å². The number of esters is 3. The summed E-state index contributed by atoms with van der Waals surface area (Å²) in [5, 5.41) is 2.62. The van der Waals surface area contributed by atoms with Crippen molar-refractivity contribution in [1.82, 2.24) is 4.42 Å². The number of nitrogens with zero attached hydrogens (tertiary/aromatic N) is 1. The fraction of sp³-hybridized carbons (Fsp3) is 0.304. The molecule has 0 spiro atoms. The third-order valence-electron chi connectivity index (χ3n) is 5.08. The zero-order valence-electron chi connectivity index (χ0n) is 18.1. The standard InChI is InChI=1S/C23H23ClN2O7/c1-31-21(28)15-10-16(22(29)32-2)12-17(11-15)25-20(27)18-7-3-4-8-19(18)33-23(30)14-6-5-9-26(24)13-14/h3-4,7-8,10-12,14H,5-6,9,13H2,1-2H3,(H,25,27).